The fourth-order valence-electron chi connectivity index (χ4n) is 3.18. The Bertz CT molecular complexity index is 742. The number of halogens is 1. The van der Waals surface area contributed by atoms with Gasteiger partial charge in [0.25, 0.3) is 0 Å². The Hall–Kier alpha value is -2.21. The van der Waals surface area contributed by atoms with E-state index in [2.05, 4.69) is 39.4 Å². The van der Waals surface area contributed by atoms with E-state index in [1.54, 1.807) is 24.3 Å². The van der Waals surface area contributed by atoms with Gasteiger partial charge in [0, 0.05) is 50.9 Å². The van der Waals surface area contributed by atoms with Crippen LogP contribution in [0.15, 0.2) is 54.6 Å². The SMILES string of the molecule is CC(=O)Nc1ccc(C(=O)CN2CCN(Cc3ccccc3)CC2)cc1.Cl. The van der Waals surface area contributed by atoms with E-state index >= 15 is 0 Å². The molecule has 0 saturated carbocycles. The fourth-order valence-corrected chi connectivity index (χ4v) is 3.18. The van der Waals surface area contributed by atoms with E-state index in [9.17, 15) is 9.59 Å². The summed E-state index contributed by atoms with van der Waals surface area (Å²) in [6.45, 7) is 6.64. The third-order valence-corrected chi connectivity index (χ3v) is 4.61. The molecule has 5 nitrogen and oxygen atoms in total. The lowest BCUT2D eigenvalue weighted by atomic mass is 10.1. The predicted molar refractivity (Wildman–Crippen MR) is 110 cm³/mol. The molecule has 1 aliphatic rings. The highest BCUT2D eigenvalue weighted by molar-refractivity contribution is 5.98. The van der Waals surface area contributed by atoms with Crippen LogP contribution < -0.4 is 5.32 Å². The van der Waals surface area contributed by atoms with E-state index in [-0.39, 0.29) is 24.1 Å². The Kier molecular flexibility index (Phi) is 7.98. The molecule has 2 aromatic rings. The first-order valence-corrected chi connectivity index (χ1v) is 8.99. The van der Waals surface area contributed by atoms with Crippen LogP contribution in [0.4, 0.5) is 5.69 Å². The van der Waals surface area contributed by atoms with E-state index < -0.39 is 0 Å². The minimum atomic E-state index is -0.113. The monoisotopic (exact) mass is 387 g/mol. The van der Waals surface area contributed by atoms with Crippen LogP contribution in [0.25, 0.3) is 0 Å². The summed E-state index contributed by atoms with van der Waals surface area (Å²) in [4.78, 5) is 28.2. The van der Waals surface area contributed by atoms with Crippen LogP contribution in [0.2, 0.25) is 0 Å². The molecule has 1 heterocycles. The number of rotatable bonds is 6. The van der Waals surface area contributed by atoms with Crippen molar-refractivity contribution in [3.63, 3.8) is 0 Å². The van der Waals surface area contributed by atoms with Crippen LogP contribution >= 0.6 is 12.4 Å². The maximum Gasteiger partial charge on any atom is 0.221 e. The lowest BCUT2D eigenvalue weighted by molar-refractivity contribution is -0.114. The summed E-state index contributed by atoms with van der Waals surface area (Å²) in [5.41, 5.74) is 2.73. The summed E-state index contributed by atoms with van der Waals surface area (Å²) < 4.78 is 0. The van der Waals surface area contributed by atoms with Gasteiger partial charge in [-0.25, -0.2) is 0 Å². The smallest absolute Gasteiger partial charge is 0.221 e. The molecule has 0 bridgehead atoms. The van der Waals surface area contributed by atoms with Crippen LogP contribution in [-0.4, -0.2) is 54.2 Å². The van der Waals surface area contributed by atoms with Gasteiger partial charge in [-0.15, -0.1) is 12.4 Å². The highest BCUT2D eigenvalue weighted by Gasteiger charge is 2.19. The van der Waals surface area contributed by atoms with Gasteiger partial charge in [-0.05, 0) is 29.8 Å². The first-order chi connectivity index (χ1) is 12.6. The normalized spacial score (nSPS) is 15.0. The molecule has 6 heteroatoms. The number of piperazine rings is 1. The Morgan fingerprint density at radius 3 is 2.07 bits per heavy atom. The number of carbonyl (C=O) groups is 2. The summed E-state index contributed by atoms with van der Waals surface area (Å²) in [6.07, 6.45) is 0. The molecule has 1 N–H and O–H groups in total. The molecule has 0 atom stereocenters. The van der Waals surface area contributed by atoms with E-state index in [1.165, 1.54) is 12.5 Å². The van der Waals surface area contributed by atoms with E-state index in [1.807, 2.05) is 6.07 Å². The topological polar surface area (TPSA) is 52.7 Å². The Labute approximate surface area is 166 Å². The molecule has 0 radical (unpaired) electrons. The van der Waals surface area contributed by atoms with E-state index in [0.717, 1.165) is 32.7 Å². The molecular weight excluding hydrogens is 362 g/mol. The van der Waals surface area contributed by atoms with E-state index in [4.69, 9.17) is 0 Å². The lowest BCUT2D eigenvalue weighted by Crippen LogP contribution is -2.47. The number of ketones is 1. The van der Waals surface area contributed by atoms with Crippen LogP contribution in [0.3, 0.4) is 0 Å². The van der Waals surface area contributed by atoms with Crippen molar-refractivity contribution in [3.8, 4) is 0 Å². The Balaban J connectivity index is 0.00000261. The van der Waals surface area contributed by atoms with Gasteiger partial charge in [0.15, 0.2) is 5.78 Å². The van der Waals surface area contributed by atoms with Gasteiger partial charge in [-0.3, -0.25) is 19.4 Å². The van der Waals surface area contributed by atoms with Crippen molar-refractivity contribution in [1.29, 1.82) is 0 Å². The van der Waals surface area contributed by atoms with Crippen molar-refractivity contribution in [2.75, 3.05) is 38.0 Å². The molecular formula is C21H26ClN3O2. The molecule has 0 aliphatic carbocycles. The van der Waals surface area contributed by atoms with Crippen LogP contribution in [0, 0.1) is 0 Å². The Morgan fingerprint density at radius 1 is 0.889 bits per heavy atom. The van der Waals surface area contributed by atoms with Crippen LogP contribution in [0.5, 0.6) is 0 Å². The highest BCUT2D eigenvalue weighted by Crippen LogP contribution is 2.12. The zero-order valence-corrected chi connectivity index (χ0v) is 16.4. The molecule has 1 amide bonds. The van der Waals surface area contributed by atoms with Gasteiger partial charge in [-0.2, -0.15) is 0 Å². The van der Waals surface area contributed by atoms with Gasteiger partial charge >= 0.3 is 0 Å². The number of nitrogens with one attached hydrogen (secondary N) is 1. The van der Waals surface area contributed by atoms with Gasteiger partial charge in [0.05, 0.1) is 6.54 Å². The average molecular weight is 388 g/mol. The first-order valence-electron chi connectivity index (χ1n) is 8.99. The third-order valence-electron chi connectivity index (χ3n) is 4.61. The summed E-state index contributed by atoms with van der Waals surface area (Å²) in [6, 6.07) is 17.6. The van der Waals surface area contributed by atoms with Crippen LogP contribution in [0.1, 0.15) is 22.8 Å². The molecule has 3 rings (SSSR count). The minimum Gasteiger partial charge on any atom is -0.326 e. The maximum atomic E-state index is 12.5. The second-order valence-corrected chi connectivity index (χ2v) is 6.72. The molecule has 1 saturated heterocycles. The second kappa shape index (κ2) is 10.2. The largest absolute Gasteiger partial charge is 0.326 e. The average Bonchev–Trinajstić information content (AvgIpc) is 2.64. The minimum absolute atomic E-state index is 0. The zero-order chi connectivity index (χ0) is 18.4. The highest BCUT2D eigenvalue weighted by atomic mass is 35.5. The predicted octanol–water partition coefficient (Wildman–Crippen LogP) is 3.07. The van der Waals surface area contributed by atoms with Gasteiger partial charge in [0.1, 0.15) is 0 Å². The number of hydrogen-bond acceptors (Lipinski definition) is 4. The van der Waals surface area contributed by atoms with Crippen molar-refractivity contribution in [1.82, 2.24) is 9.80 Å². The number of amides is 1. The molecule has 1 aliphatic heterocycles. The standard InChI is InChI=1S/C21H25N3O2.ClH/c1-17(25)22-20-9-7-19(8-10-20)21(26)16-24-13-11-23(12-14-24)15-18-5-3-2-4-6-18;/h2-10H,11-16H2,1H3,(H,22,25);1H. The van der Waals surface area contributed by atoms with Crippen molar-refractivity contribution in [2.45, 2.75) is 13.5 Å². The number of benzene rings is 2. The molecule has 144 valence electrons. The molecule has 27 heavy (non-hydrogen) atoms. The summed E-state index contributed by atoms with van der Waals surface area (Å²) >= 11 is 0. The third kappa shape index (κ3) is 6.47. The summed E-state index contributed by atoms with van der Waals surface area (Å²) in [7, 11) is 0. The van der Waals surface area contributed by atoms with Crippen molar-refractivity contribution >= 4 is 29.8 Å². The summed E-state index contributed by atoms with van der Waals surface area (Å²) in [5, 5.41) is 2.71. The molecule has 0 unspecified atom stereocenters. The van der Waals surface area contributed by atoms with Crippen molar-refractivity contribution in [2.24, 2.45) is 0 Å². The number of anilines is 1. The van der Waals surface area contributed by atoms with E-state index in [0.29, 0.717) is 17.8 Å². The van der Waals surface area contributed by atoms with Gasteiger partial charge < -0.3 is 5.32 Å². The fraction of sp³-hybridized carbons (Fsp3) is 0.333. The maximum absolute atomic E-state index is 12.5. The molecule has 1 fully saturated rings. The van der Waals surface area contributed by atoms with Gasteiger partial charge in [-0.1, -0.05) is 30.3 Å². The zero-order valence-electron chi connectivity index (χ0n) is 15.6. The van der Waals surface area contributed by atoms with Gasteiger partial charge in [0.2, 0.25) is 5.91 Å². The number of nitrogens with zero attached hydrogens (tertiary/aromatic N) is 2. The quantitative estimate of drug-likeness (QED) is 0.774. The molecule has 2 aromatic carbocycles. The molecule has 0 aromatic heterocycles. The number of carbonyl (C=O) groups excluding carboxylic acids is 2. The van der Waals surface area contributed by atoms with Crippen molar-refractivity contribution in [3.05, 3.63) is 65.7 Å². The Morgan fingerprint density at radius 2 is 1.48 bits per heavy atom. The number of Topliss-reactive ketones (excluding diaryl/α,β-unsaturated/α-hetero) is 1. The summed E-state index contributed by atoms with van der Waals surface area (Å²) in [5.74, 6) is 0.00772. The van der Waals surface area contributed by atoms with Crippen LogP contribution in [-0.2, 0) is 11.3 Å². The number of hydrogen-bond donors (Lipinski definition) is 1. The molecule has 0 spiro atoms. The lowest BCUT2D eigenvalue weighted by Gasteiger charge is -2.34. The first kappa shape index (κ1) is 21.1. The second-order valence-electron chi connectivity index (χ2n) is 6.72. The van der Waals surface area contributed by atoms with Crippen molar-refractivity contribution < 1.29 is 9.59 Å².